The van der Waals surface area contributed by atoms with E-state index in [9.17, 15) is 33.1 Å². The highest BCUT2D eigenvalue weighted by Crippen LogP contribution is 2.27. The predicted octanol–water partition coefficient (Wildman–Crippen LogP) is 3.00. The lowest BCUT2D eigenvalue weighted by Gasteiger charge is -2.39. The molecule has 0 aliphatic carbocycles. The van der Waals surface area contributed by atoms with Crippen molar-refractivity contribution >= 4 is 29.5 Å². The van der Waals surface area contributed by atoms with Crippen LogP contribution in [0.3, 0.4) is 0 Å². The summed E-state index contributed by atoms with van der Waals surface area (Å²) in [4.78, 5) is 53.2. The molecule has 2 aromatic carbocycles. The normalized spacial score (nSPS) is 16.4. The lowest BCUT2D eigenvalue weighted by molar-refractivity contribution is -0.144. The van der Waals surface area contributed by atoms with Gasteiger partial charge in [-0.2, -0.15) is 0 Å². The van der Waals surface area contributed by atoms with E-state index in [0.717, 1.165) is 28.2 Å². The van der Waals surface area contributed by atoms with Gasteiger partial charge in [0.05, 0.1) is 0 Å². The number of para-hydroxylation sites is 1. The molecule has 9 nitrogen and oxygen atoms in total. The zero-order valence-electron chi connectivity index (χ0n) is 21.0. The van der Waals surface area contributed by atoms with Gasteiger partial charge in [-0.15, -0.1) is 0 Å². The van der Waals surface area contributed by atoms with Crippen LogP contribution in [0.5, 0.6) is 0 Å². The first-order valence-electron chi connectivity index (χ1n) is 11.8. The lowest BCUT2D eigenvalue weighted by atomic mass is 9.91. The highest BCUT2D eigenvalue weighted by Gasteiger charge is 2.40. The van der Waals surface area contributed by atoms with Gasteiger partial charge in [0.1, 0.15) is 35.4 Å². The number of amides is 4. The molecule has 0 saturated carbocycles. The van der Waals surface area contributed by atoms with Gasteiger partial charge in [-0.05, 0) is 36.1 Å². The number of carbonyl (C=O) groups is 4. The third-order valence-electron chi connectivity index (χ3n) is 6.54. The Morgan fingerprint density at radius 3 is 2.16 bits per heavy atom. The van der Waals surface area contributed by atoms with Crippen molar-refractivity contribution in [2.75, 3.05) is 12.4 Å². The highest BCUT2D eigenvalue weighted by atomic mass is 19.1. The molecule has 11 heteroatoms. The van der Waals surface area contributed by atoms with Gasteiger partial charge in [0.25, 0.3) is 0 Å². The molecular formula is C26H30F2N4O5. The summed E-state index contributed by atoms with van der Waals surface area (Å²) in [6, 6.07) is 7.14. The fourth-order valence-electron chi connectivity index (χ4n) is 4.12. The maximum absolute atomic E-state index is 14.2. The molecular weight excluding hydrogens is 486 g/mol. The number of hydrogen-bond acceptors (Lipinski definition) is 4. The molecule has 0 bridgehead atoms. The number of nitrogens with one attached hydrogen (secondary N) is 2. The number of carbonyl (C=O) groups excluding carboxylic acids is 3. The predicted molar refractivity (Wildman–Crippen MR) is 131 cm³/mol. The van der Waals surface area contributed by atoms with E-state index >= 15 is 0 Å². The number of fused-ring (bicyclic) bond motifs is 1. The van der Waals surface area contributed by atoms with Crippen LogP contribution >= 0.6 is 0 Å². The third-order valence-corrected chi connectivity index (χ3v) is 6.54. The second-order valence-corrected chi connectivity index (χ2v) is 9.34. The summed E-state index contributed by atoms with van der Waals surface area (Å²) in [5.41, 5.74) is 0.991. The molecule has 3 atom stereocenters. The SMILES string of the molecule is CC(C)[C@H](NC(=O)[C@H](C)N(C)C(=O)O)C(=O)N1Cc2ccccc2C[C@H]1C(=O)Nc1c(F)cccc1F. The zero-order chi connectivity index (χ0) is 27.4. The van der Waals surface area contributed by atoms with Crippen molar-refractivity contribution in [1.29, 1.82) is 0 Å². The standard InChI is InChI=1S/C26H30F2N4O5/c1-14(2)21(29-23(33)15(3)31(4)26(36)37)25(35)32-13-17-9-6-5-8-16(17)12-20(32)24(34)30-22-18(27)10-7-11-19(22)28/h5-11,14-15,20-21H,12-13H2,1-4H3,(H,29,33)(H,30,34)(H,36,37)/t15-,20-,21-/m0/s1. The van der Waals surface area contributed by atoms with Crippen LogP contribution in [0.2, 0.25) is 0 Å². The van der Waals surface area contributed by atoms with Gasteiger partial charge >= 0.3 is 6.09 Å². The fourth-order valence-corrected chi connectivity index (χ4v) is 4.12. The topological polar surface area (TPSA) is 119 Å². The van der Waals surface area contributed by atoms with Crippen LogP contribution < -0.4 is 10.6 Å². The molecule has 1 aliphatic rings. The third kappa shape index (κ3) is 6.04. The van der Waals surface area contributed by atoms with Crippen molar-refractivity contribution in [1.82, 2.24) is 15.1 Å². The number of carboxylic acid groups (broad SMARTS) is 1. The van der Waals surface area contributed by atoms with E-state index in [1.807, 2.05) is 12.1 Å². The monoisotopic (exact) mass is 516 g/mol. The highest BCUT2D eigenvalue weighted by molar-refractivity contribution is 5.99. The summed E-state index contributed by atoms with van der Waals surface area (Å²) < 4.78 is 28.4. The van der Waals surface area contributed by atoms with Crippen LogP contribution in [0.15, 0.2) is 42.5 Å². The van der Waals surface area contributed by atoms with Crippen molar-refractivity contribution in [2.24, 2.45) is 5.92 Å². The molecule has 0 unspecified atom stereocenters. The number of likely N-dealkylation sites (N-methyl/N-ethyl adjacent to an activating group) is 1. The summed E-state index contributed by atoms with van der Waals surface area (Å²) in [5, 5.41) is 14.1. The van der Waals surface area contributed by atoms with E-state index < -0.39 is 65.2 Å². The van der Waals surface area contributed by atoms with Crippen LogP contribution in [0.4, 0.5) is 19.3 Å². The zero-order valence-corrected chi connectivity index (χ0v) is 21.0. The summed E-state index contributed by atoms with van der Waals surface area (Å²) in [6.45, 7) is 4.84. The summed E-state index contributed by atoms with van der Waals surface area (Å²) in [5.74, 6) is -4.35. The Hall–Kier alpha value is -4.02. The Morgan fingerprint density at radius 1 is 1.00 bits per heavy atom. The molecule has 0 fully saturated rings. The molecule has 2 aromatic rings. The largest absolute Gasteiger partial charge is 0.465 e. The lowest BCUT2D eigenvalue weighted by Crippen LogP contribution is -2.59. The summed E-state index contributed by atoms with van der Waals surface area (Å²) in [7, 11) is 1.24. The van der Waals surface area contributed by atoms with Crippen molar-refractivity contribution in [3.05, 3.63) is 65.2 Å². The molecule has 3 N–H and O–H groups in total. The van der Waals surface area contributed by atoms with Crippen LogP contribution in [0.1, 0.15) is 31.9 Å². The van der Waals surface area contributed by atoms with Gasteiger partial charge in [0.15, 0.2) is 0 Å². The fraction of sp³-hybridized carbons (Fsp3) is 0.385. The minimum Gasteiger partial charge on any atom is -0.465 e. The van der Waals surface area contributed by atoms with Crippen LogP contribution in [-0.2, 0) is 27.3 Å². The number of nitrogens with zero attached hydrogens (tertiary/aromatic N) is 2. The van der Waals surface area contributed by atoms with Crippen LogP contribution in [0.25, 0.3) is 0 Å². The van der Waals surface area contributed by atoms with Gasteiger partial charge in [-0.25, -0.2) is 13.6 Å². The Labute approximate surface area is 213 Å². The number of halogens is 2. The average molecular weight is 517 g/mol. The quantitative estimate of drug-likeness (QED) is 0.523. The second-order valence-electron chi connectivity index (χ2n) is 9.34. The molecule has 1 aliphatic heterocycles. The number of benzene rings is 2. The van der Waals surface area contributed by atoms with Crippen molar-refractivity contribution < 1.29 is 33.1 Å². The molecule has 3 rings (SSSR count). The molecule has 0 radical (unpaired) electrons. The Kier molecular flexibility index (Phi) is 8.46. The van der Waals surface area contributed by atoms with E-state index in [1.54, 1.807) is 26.0 Å². The number of rotatable bonds is 7. The van der Waals surface area contributed by atoms with Crippen molar-refractivity contribution in [2.45, 2.75) is 51.9 Å². The maximum Gasteiger partial charge on any atom is 0.407 e. The van der Waals surface area contributed by atoms with Crippen molar-refractivity contribution in [3.8, 4) is 0 Å². The number of hydrogen-bond donors (Lipinski definition) is 3. The molecule has 4 amide bonds. The van der Waals surface area contributed by atoms with Gasteiger partial charge in [0.2, 0.25) is 17.7 Å². The smallest absolute Gasteiger partial charge is 0.407 e. The van der Waals surface area contributed by atoms with E-state index in [2.05, 4.69) is 10.6 Å². The van der Waals surface area contributed by atoms with E-state index in [4.69, 9.17) is 0 Å². The molecule has 1 heterocycles. The van der Waals surface area contributed by atoms with Gasteiger partial charge < -0.3 is 20.6 Å². The number of anilines is 1. The van der Waals surface area contributed by atoms with E-state index in [1.165, 1.54) is 24.9 Å². The first-order chi connectivity index (χ1) is 17.4. The van der Waals surface area contributed by atoms with E-state index in [-0.39, 0.29) is 13.0 Å². The maximum atomic E-state index is 14.2. The van der Waals surface area contributed by atoms with Gasteiger partial charge in [-0.1, -0.05) is 44.2 Å². The minimum atomic E-state index is -1.31. The molecule has 198 valence electrons. The van der Waals surface area contributed by atoms with Gasteiger partial charge in [-0.3, -0.25) is 19.3 Å². The minimum absolute atomic E-state index is 0.0382. The Bertz CT molecular complexity index is 1180. The average Bonchev–Trinajstić information content (AvgIpc) is 2.86. The summed E-state index contributed by atoms with van der Waals surface area (Å²) in [6.07, 6.45) is -1.21. The Balaban J connectivity index is 1.92. The first kappa shape index (κ1) is 27.6. The van der Waals surface area contributed by atoms with Gasteiger partial charge in [0, 0.05) is 20.0 Å². The van der Waals surface area contributed by atoms with Crippen LogP contribution in [0, 0.1) is 17.6 Å². The van der Waals surface area contributed by atoms with Crippen molar-refractivity contribution in [3.63, 3.8) is 0 Å². The molecule has 37 heavy (non-hydrogen) atoms. The Morgan fingerprint density at radius 2 is 1.59 bits per heavy atom. The molecule has 0 spiro atoms. The second kappa shape index (κ2) is 11.4. The molecule has 0 saturated heterocycles. The summed E-state index contributed by atoms with van der Waals surface area (Å²) >= 11 is 0. The first-order valence-corrected chi connectivity index (χ1v) is 11.8. The van der Waals surface area contributed by atoms with Crippen LogP contribution in [-0.4, -0.2) is 63.9 Å². The van der Waals surface area contributed by atoms with E-state index in [0.29, 0.717) is 0 Å². The molecule has 0 aromatic heterocycles.